The molecule has 5 rings (SSSR count). The molecular weight excluding hydrogens is 461 g/mol. The lowest BCUT2D eigenvalue weighted by Crippen LogP contribution is -2.29. The number of hydrogen-bond acceptors (Lipinski definition) is 5. The molecule has 1 aliphatic heterocycles. The van der Waals surface area contributed by atoms with Crippen LogP contribution in [0.4, 0.5) is 10.1 Å². The summed E-state index contributed by atoms with van der Waals surface area (Å²) in [6.07, 6.45) is 1.90. The van der Waals surface area contributed by atoms with Crippen molar-refractivity contribution in [3.63, 3.8) is 0 Å². The summed E-state index contributed by atoms with van der Waals surface area (Å²) in [6.45, 7) is 4.56. The number of benzene rings is 3. The summed E-state index contributed by atoms with van der Waals surface area (Å²) in [6, 6.07) is 15.8. The van der Waals surface area contributed by atoms with Crippen molar-refractivity contribution in [2.45, 2.75) is 32.7 Å². The number of carbonyl (C=O) groups is 1. The molecule has 2 heterocycles. The predicted molar refractivity (Wildman–Crippen MR) is 136 cm³/mol. The van der Waals surface area contributed by atoms with Crippen LogP contribution in [0.2, 0.25) is 0 Å². The molecule has 1 atom stereocenters. The van der Waals surface area contributed by atoms with E-state index in [0.29, 0.717) is 29.4 Å². The maximum absolute atomic E-state index is 14.0. The molecule has 184 valence electrons. The Morgan fingerprint density at radius 2 is 1.86 bits per heavy atom. The molecule has 1 aromatic heterocycles. The highest BCUT2D eigenvalue weighted by Gasteiger charge is 2.44. The van der Waals surface area contributed by atoms with Crippen LogP contribution in [0.15, 0.2) is 69.9 Å². The number of halogens is 1. The van der Waals surface area contributed by atoms with Crippen LogP contribution in [0.25, 0.3) is 11.0 Å². The highest BCUT2D eigenvalue weighted by atomic mass is 19.1. The van der Waals surface area contributed by atoms with Gasteiger partial charge in [0.15, 0.2) is 16.9 Å². The highest BCUT2D eigenvalue weighted by Crippen LogP contribution is 2.43. The number of ether oxygens (including phenoxy) is 2. The van der Waals surface area contributed by atoms with Crippen LogP contribution in [0.5, 0.6) is 11.5 Å². The number of anilines is 1. The number of fused-ring (bicyclic) bond motifs is 2. The molecule has 0 spiro atoms. The summed E-state index contributed by atoms with van der Waals surface area (Å²) in [4.78, 5) is 28.9. The summed E-state index contributed by atoms with van der Waals surface area (Å²) in [5.41, 5.74) is 2.11. The van der Waals surface area contributed by atoms with Crippen LogP contribution < -0.4 is 19.8 Å². The molecule has 1 unspecified atom stereocenters. The molecule has 4 aromatic rings. The second-order valence-electron chi connectivity index (χ2n) is 8.84. The minimum Gasteiger partial charge on any atom is -0.493 e. The molecule has 0 saturated carbocycles. The van der Waals surface area contributed by atoms with Crippen LogP contribution in [-0.4, -0.2) is 19.6 Å². The Morgan fingerprint density at radius 3 is 2.61 bits per heavy atom. The van der Waals surface area contributed by atoms with Crippen LogP contribution in [0.1, 0.15) is 53.1 Å². The zero-order valence-corrected chi connectivity index (χ0v) is 20.3. The maximum Gasteiger partial charge on any atom is 0.295 e. The van der Waals surface area contributed by atoms with E-state index in [4.69, 9.17) is 13.9 Å². The van der Waals surface area contributed by atoms with Crippen molar-refractivity contribution >= 4 is 22.6 Å². The first-order valence-electron chi connectivity index (χ1n) is 11.9. The smallest absolute Gasteiger partial charge is 0.295 e. The quantitative estimate of drug-likeness (QED) is 0.291. The molecule has 0 fully saturated rings. The van der Waals surface area contributed by atoms with Gasteiger partial charge in [0, 0.05) is 5.69 Å². The molecule has 7 heteroatoms. The Hall–Kier alpha value is -4.13. The first-order valence-corrected chi connectivity index (χ1v) is 11.9. The van der Waals surface area contributed by atoms with Gasteiger partial charge in [0.1, 0.15) is 11.4 Å². The average molecular weight is 488 g/mol. The van der Waals surface area contributed by atoms with Crippen molar-refractivity contribution < 1.29 is 23.1 Å². The topological polar surface area (TPSA) is 69.0 Å². The average Bonchev–Trinajstić information content (AvgIpc) is 3.17. The maximum atomic E-state index is 14.0. The fourth-order valence-electron chi connectivity index (χ4n) is 4.60. The fraction of sp³-hybridized carbons (Fsp3) is 0.241. The van der Waals surface area contributed by atoms with E-state index in [1.165, 1.54) is 12.1 Å². The molecule has 0 radical (unpaired) electrons. The van der Waals surface area contributed by atoms with Crippen molar-refractivity contribution in [1.82, 2.24) is 0 Å². The van der Waals surface area contributed by atoms with E-state index in [-0.39, 0.29) is 22.3 Å². The van der Waals surface area contributed by atoms with Crippen LogP contribution in [-0.2, 0) is 0 Å². The molecule has 6 nitrogen and oxygen atoms in total. The van der Waals surface area contributed by atoms with Crippen LogP contribution >= 0.6 is 0 Å². The summed E-state index contributed by atoms with van der Waals surface area (Å²) in [7, 11) is 1.54. The van der Waals surface area contributed by atoms with Gasteiger partial charge in [-0.25, -0.2) is 4.39 Å². The Labute approximate surface area is 207 Å². The van der Waals surface area contributed by atoms with Crippen LogP contribution in [0.3, 0.4) is 0 Å². The zero-order chi connectivity index (χ0) is 25.4. The van der Waals surface area contributed by atoms with E-state index in [1.54, 1.807) is 24.1 Å². The monoisotopic (exact) mass is 487 g/mol. The molecule has 36 heavy (non-hydrogen) atoms. The molecule has 1 aliphatic rings. The lowest BCUT2D eigenvalue weighted by Gasteiger charge is -2.26. The Kier molecular flexibility index (Phi) is 6.22. The number of aryl methyl sites for hydroxylation is 1. The van der Waals surface area contributed by atoms with Crippen LogP contribution in [0, 0.1) is 12.7 Å². The van der Waals surface area contributed by atoms with E-state index in [9.17, 15) is 14.0 Å². The van der Waals surface area contributed by atoms with Crippen molar-refractivity contribution in [1.29, 1.82) is 0 Å². The zero-order valence-electron chi connectivity index (χ0n) is 20.3. The van der Waals surface area contributed by atoms with Crippen molar-refractivity contribution in [2.24, 2.45) is 0 Å². The molecule has 1 amide bonds. The molecular formula is C29H26FNO5. The molecule has 0 aliphatic carbocycles. The molecule has 3 aromatic carbocycles. The van der Waals surface area contributed by atoms with Gasteiger partial charge in [-0.15, -0.1) is 0 Å². The van der Waals surface area contributed by atoms with E-state index < -0.39 is 23.2 Å². The number of amides is 1. The lowest BCUT2D eigenvalue weighted by atomic mass is 9.97. The number of methoxy groups -OCH3 is 1. The standard InChI is InChI=1S/C29H26FNO5/c1-4-5-13-35-23-11-9-18(15-24(23)34-3)26-25-27(32)21-16-19(30)10-12-22(21)36-28(25)29(33)31(26)20-8-6-7-17(2)14-20/h6-12,14-16,26H,4-5,13H2,1-3H3. The van der Waals surface area contributed by atoms with Crippen molar-refractivity contribution in [3.05, 3.63) is 99.2 Å². The number of nitrogens with zero attached hydrogens (tertiary/aromatic N) is 1. The van der Waals surface area contributed by atoms with Gasteiger partial charge in [-0.2, -0.15) is 0 Å². The molecule has 0 bridgehead atoms. The van der Waals surface area contributed by atoms with Crippen molar-refractivity contribution in [3.8, 4) is 11.5 Å². The normalized spacial score (nSPS) is 14.8. The third-order valence-electron chi connectivity index (χ3n) is 6.37. The third-order valence-corrected chi connectivity index (χ3v) is 6.37. The molecule has 0 saturated heterocycles. The lowest BCUT2D eigenvalue weighted by molar-refractivity contribution is 0.0971. The largest absolute Gasteiger partial charge is 0.493 e. The summed E-state index contributed by atoms with van der Waals surface area (Å²) in [5, 5.41) is 0.0872. The minimum atomic E-state index is -0.795. The second kappa shape index (κ2) is 9.49. The third kappa shape index (κ3) is 4.00. The summed E-state index contributed by atoms with van der Waals surface area (Å²) >= 11 is 0. The highest BCUT2D eigenvalue weighted by molar-refractivity contribution is 6.10. The molecule has 0 N–H and O–H groups in total. The Bertz CT molecular complexity index is 1530. The van der Waals surface area contributed by atoms with Gasteiger partial charge in [-0.1, -0.05) is 31.5 Å². The predicted octanol–water partition coefficient (Wildman–Crippen LogP) is 6.18. The minimum absolute atomic E-state index is 0.0483. The van der Waals surface area contributed by atoms with Gasteiger partial charge in [0.05, 0.1) is 30.7 Å². The second-order valence-corrected chi connectivity index (χ2v) is 8.84. The number of hydrogen-bond donors (Lipinski definition) is 0. The van der Waals surface area contributed by atoms with E-state index in [1.807, 2.05) is 37.3 Å². The Balaban J connectivity index is 1.72. The van der Waals surface area contributed by atoms with E-state index >= 15 is 0 Å². The van der Waals surface area contributed by atoms with Gasteiger partial charge in [0.25, 0.3) is 5.91 Å². The number of unbranched alkanes of at least 4 members (excludes halogenated alkanes) is 1. The summed E-state index contributed by atoms with van der Waals surface area (Å²) < 4.78 is 31.4. The SMILES string of the molecule is CCCCOc1ccc(C2c3c(oc4ccc(F)cc4c3=O)C(=O)N2c2cccc(C)c2)cc1OC. The van der Waals surface area contributed by atoms with Gasteiger partial charge >= 0.3 is 0 Å². The van der Waals surface area contributed by atoms with Gasteiger partial charge in [-0.05, 0) is 66.9 Å². The van der Waals surface area contributed by atoms with Crippen molar-refractivity contribution in [2.75, 3.05) is 18.6 Å². The van der Waals surface area contributed by atoms with E-state index in [0.717, 1.165) is 24.5 Å². The first-order chi connectivity index (χ1) is 17.4. The first kappa shape index (κ1) is 23.6. The van der Waals surface area contributed by atoms with Gasteiger partial charge in [0.2, 0.25) is 5.76 Å². The Morgan fingerprint density at radius 1 is 1.03 bits per heavy atom. The fourth-order valence-corrected chi connectivity index (χ4v) is 4.60. The van der Waals surface area contributed by atoms with Gasteiger partial charge < -0.3 is 13.9 Å². The summed E-state index contributed by atoms with van der Waals surface area (Å²) in [5.74, 6) is 0.0271. The number of carbonyl (C=O) groups excluding carboxylic acids is 1. The number of rotatable bonds is 7. The van der Waals surface area contributed by atoms with Gasteiger partial charge in [-0.3, -0.25) is 14.5 Å². The van der Waals surface area contributed by atoms with E-state index in [2.05, 4.69) is 6.92 Å².